The van der Waals surface area contributed by atoms with Crippen molar-refractivity contribution in [1.82, 2.24) is 14.3 Å². The Bertz CT molecular complexity index is 1320. The van der Waals surface area contributed by atoms with Crippen LogP contribution in [0.25, 0.3) is 28.0 Å². The highest BCUT2D eigenvalue weighted by atomic mass is 16.5. The van der Waals surface area contributed by atoms with Gasteiger partial charge in [0.15, 0.2) is 11.5 Å². The fourth-order valence-corrected chi connectivity index (χ4v) is 4.88. The van der Waals surface area contributed by atoms with Gasteiger partial charge >= 0.3 is 0 Å². The number of imidazole rings is 1. The molecule has 188 valence electrons. The largest absolute Gasteiger partial charge is 0.493 e. The number of ether oxygens (including phenoxy) is 3. The van der Waals surface area contributed by atoms with E-state index in [2.05, 4.69) is 63.8 Å². The van der Waals surface area contributed by atoms with Crippen molar-refractivity contribution in [2.24, 2.45) is 0 Å². The summed E-state index contributed by atoms with van der Waals surface area (Å²) in [5, 5.41) is 0. The minimum Gasteiger partial charge on any atom is -0.493 e. The number of rotatable bonds is 8. The monoisotopic (exact) mass is 486 g/mol. The quantitative estimate of drug-likeness (QED) is 0.358. The second-order valence-corrected chi connectivity index (χ2v) is 9.21. The van der Waals surface area contributed by atoms with Crippen LogP contribution >= 0.6 is 0 Å². The highest BCUT2D eigenvalue weighted by Gasteiger charge is 2.17. The molecule has 7 heteroatoms. The van der Waals surface area contributed by atoms with Crippen LogP contribution < -0.4 is 14.4 Å². The molecule has 7 nitrogen and oxygen atoms in total. The van der Waals surface area contributed by atoms with Crippen molar-refractivity contribution in [3.8, 4) is 33.9 Å². The van der Waals surface area contributed by atoms with Gasteiger partial charge in [-0.3, -0.25) is 4.90 Å². The van der Waals surface area contributed by atoms with Crippen LogP contribution in [0.5, 0.6) is 11.5 Å². The Hall–Kier alpha value is -3.55. The lowest BCUT2D eigenvalue weighted by molar-refractivity contribution is 0.144. The van der Waals surface area contributed by atoms with Crippen molar-refractivity contribution in [3.63, 3.8) is 0 Å². The summed E-state index contributed by atoms with van der Waals surface area (Å²) in [6.07, 6.45) is 4.23. The number of pyridine rings is 1. The van der Waals surface area contributed by atoms with Crippen LogP contribution in [0.15, 0.2) is 60.9 Å². The molecule has 0 spiro atoms. The summed E-state index contributed by atoms with van der Waals surface area (Å²) in [6, 6.07) is 17.0. The molecule has 0 bridgehead atoms. The van der Waals surface area contributed by atoms with E-state index in [1.165, 1.54) is 16.8 Å². The third-order valence-corrected chi connectivity index (χ3v) is 6.96. The summed E-state index contributed by atoms with van der Waals surface area (Å²) in [5.41, 5.74) is 7.62. The third-order valence-electron chi connectivity index (χ3n) is 6.96. The molecule has 0 radical (unpaired) electrons. The Balaban J connectivity index is 1.36. The van der Waals surface area contributed by atoms with Gasteiger partial charge in [0.2, 0.25) is 0 Å². The summed E-state index contributed by atoms with van der Waals surface area (Å²) < 4.78 is 18.2. The molecule has 0 aliphatic carbocycles. The second-order valence-electron chi connectivity index (χ2n) is 9.21. The lowest BCUT2D eigenvalue weighted by atomic mass is 10.1. The normalized spacial score (nSPS) is 14.4. The zero-order valence-corrected chi connectivity index (χ0v) is 21.5. The summed E-state index contributed by atoms with van der Waals surface area (Å²) in [6.45, 7) is 8.15. The Morgan fingerprint density at radius 1 is 0.778 bits per heavy atom. The molecular formula is C29H34N4O3. The average molecular weight is 487 g/mol. The second kappa shape index (κ2) is 10.6. The van der Waals surface area contributed by atoms with E-state index < -0.39 is 0 Å². The van der Waals surface area contributed by atoms with E-state index in [0.29, 0.717) is 11.5 Å². The average Bonchev–Trinajstić information content (AvgIpc) is 3.37. The van der Waals surface area contributed by atoms with E-state index in [9.17, 15) is 0 Å². The van der Waals surface area contributed by atoms with Gasteiger partial charge in [-0.25, -0.2) is 4.98 Å². The van der Waals surface area contributed by atoms with Crippen molar-refractivity contribution >= 4 is 11.3 Å². The molecule has 1 saturated heterocycles. The van der Waals surface area contributed by atoms with Crippen LogP contribution in [-0.4, -0.2) is 74.9 Å². The van der Waals surface area contributed by atoms with Gasteiger partial charge in [0, 0.05) is 63.5 Å². The van der Waals surface area contributed by atoms with Crippen LogP contribution in [0.4, 0.5) is 5.69 Å². The van der Waals surface area contributed by atoms with E-state index in [0.717, 1.165) is 61.8 Å². The molecule has 3 heterocycles. The summed E-state index contributed by atoms with van der Waals surface area (Å²) in [7, 11) is 5.06. The molecule has 0 unspecified atom stereocenters. The molecular weight excluding hydrogens is 452 g/mol. The summed E-state index contributed by atoms with van der Waals surface area (Å²) in [4.78, 5) is 9.83. The molecule has 2 aromatic carbocycles. The van der Waals surface area contributed by atoms with Crippen LogP contribution in [0.1, 0.15) is 5.56 Å². The maximum atomic E-state index is 5.48. The summed E-state index contributed by atoms with van der Waals surface area (Å²) >= 11 is 0. The van der Waals surface area contributed by atoms with Crippen molar-refractivity contribution in [1.29, 1.82) is 0 Å². The number of anilines is 1. The fourth-order valence-electron chi connectivity index (χ4n) is 4.88. The van der Waals surface area contributed by atoms with Crippen LogP contribution in [-0.2, 0) is 4.74 Å². The SMILES string of the molecule is COCCN1CCN(c2ccc(-c3cc(C)c4nc(-c5ccc(OC)c(OC)c5)cn4c3)cc2)CC1. The maximum Gasteiger partial charge on any atom is 0.161 e. The van der Waals surface area contributed by atoms with Gasteiger partial charge in [-0.2, -0.15) is 0 Å². The van der Waals surface area contributed by atoms with E-state index in [1.807, 2.05) is 18.2 Å². The molecule has 36 heavy (non-hydrogen) atoms. The van der Waals surface area contributed by atoms with Crippen LogP contribution in [0.3, 0.4) is 0 Å². The molecule has 5 rings (SSSR count). The Morgan fingerprint density at radius 3 is 2.19 bits per heavy atom. The maximum absolute atomic E-state index is 5.48. The summed E-state index contributed by atoms with van der Waals surface area (Å²) in [5.74, 6) is 1.40. The number of fused-ring (bicyclic) bond motifs is 1. The molecule has 1 aliphatic rings. The molecule has 4 aromatic rings. The topological polar surface area (TPSA) is 51.5 Å². The highest BCUT2D eigenvalue weighted by Crippen LogP contribution is 2.33. The number of hydrogen-bond acceptors (Lipinski definition) is 6. The minimum absolute atomic E-state index is 0.695. The van der Waals surface area contributed by atoms with Gasteiger partial charge in [0.25, 0.3) is 0 Å². The predicted molar refractivity (Wildman–Crippen MR) is 144 cm³/mol. The lowest BCUT2D eigenvalue weighted by Gasteiger charge is -2.36. The molecule has 0 N–H and O–H groups in total. The van der Waals surface area contributed by atoms with Crippen molar-refractivity contribution in [2.75, 3.05) is 65.6 Å². The number of piperazine rings is 1. The van der Waals surface area contributed by atoms with Crippen LogP contribution in [0.2, 0.25) is 0 Å². The Kier molecular flexibility index (Phi) is 7.11. The molecule has 1 aliphatic heterocycles. The molecule has 0 atom stereocenters. The number of aryl methyl sites for hydroxylation is 1. The third kappa shape index (κ3) is 4.90. The fraction of sp³-hybridized carbons (Fsp3) is 0.345. The van der Waals surface area contributed by atoms with Crippen LogP contribution in [0, 0.1) is 6.92 Å². The van der Waals surface area contributed by atoms with Gasteiger partial charge in [-0.1, -0.05) is 12.1 Å². The standard InChI is InChI=1S/C29H34N4O3/c1-21-17-24(22-5-8-25(9-6-22)32-13-11-31(12-14-32)15-16-34-2)19-33-20-26(30-29(21)33)23-7-10-27(35-3)28(18-23)36-4/h5-10,17-20H,11-16H2,1-4H3. The predicted octanol–water partition coefficient (Wildman–Crippen LogP) is 4.76. The molecule has 2 aromatic heterocycles. The number of aromatic nitrogens is 2. The van der Waals surface area contributed by atoms with E-state index in [4.69, 9.17) is 19.2 Å². The van der Waals surface area contributed by atoms with E-state index in [1.54, 1.807) is 21.3 Å². The van der Waals surface area contributed by atoms with E-state index in [-0.39, 0.29) is 0 Å². The van der Waals surface area contributed by atoms with Gasteiger partial charge < -0.3 is 23.5 Å². The first-order valence-electron chi connectivity index (χ1n) is 12.4. The highest BCUT2D eigenvalue weighted by molar-refractivity contribution is 5.72. The minimum atomic E-state index is 0.695. The van der Waals surface area contributed by atoms with Crippen molar-refractivity contribution < 1.29 is 14.2 Å². The van der Waals surface area contributed by atoms with Gasteiger partial charge in [0.05, 0.1) is 26.5 Å². The van der Waals surface area contributed by atoms with Crippen molar-refractivity contribution in [3.05, 3.63) is 66.5 Å². The smallest absolute Gasteiger partial charge is 0.161 e. The molecule has 1 fully saturated rings. The van der Waals surface area contributed by atoms with Gasteiger partial charge in [-0.15, -0.1) is 0 Å². The number of benzene rings is 2. The number of hydrogen-bond donors (Lipinski definition) is 0. The lowest BCUT2D eigenvalue weighted by Crippen LogP contribution is -2.47. The van der Waals surface area contributed by atoms with Gasteiger partial charge in [-0.05, 0) is 60.0 Å². The number of methoxy groups -OCH3 is 3. The zero-order valence-electron chi connectivity index (χ0n) is 21.5. The van der Waals surface area contributed by atoms with Crippen molar-refractivity contribution in [2.45, 2.75) is 6.92 Å². The zero-order chi connectivity index (χ0) is 25.1. The Labute approximate surface area is 212 Å². The van der Waals surface area contributed by atoms with Gasteiger partial charge in [0.1, 0.15) is 5.65 Å². The molecule has 0 amide bonds. The first-order chi connectivity index (χ1) is 17.6. The first kappa shape index (κ1) is 24.2. The van der Waals surface area contributed by atoms with E-state index >= 15 is 0 Å². The molecule has 0 saturated carbocycles. The first-order valence-corrected chi connectivity index (χ1v) is 12.4. The number of nitrogens with zero attached hydrogens (tertiary/aromatic N) is 4. The Morgan fingerprint density at radius 2 is 1.50 bits per heavy atom.